The largest absolute Gasteiger partial charge is 0.310 e. The Bertz CT molecular complexity index is 448. The highest BCUT2D eigenvalue weighted by atomic mass is 32.1. The number of hydrogen-bond acceptors (Lipinski definition) is 5. The second-order valence-electron chi connectivity index (χ2n) is 3.50. The van der Waals surface area contributed by atoms with E-state index in [-0.39, 0.29) is 0 Å². The van der Waals surface area contributed by atoms with Crippen molar-refractivity contribution in [1.82, 2.24) is 25.1 Å². The van der Waals surface area contributed by atoms with Crippen molar-refractivity contribution in [3.63, 3.8) is 0 Å². The first-order valence-corrected chi connectivity index (χ1v) is 6.16. The zero-order valence-electron chi connectivity index (χ0n) is 9.47. The molecular formula is C10H15N5S. The third-order valence-electron chi connectivity index (χ3n) is 2.11. The fourth-order valence-corrected chi connectivity index (χ4v) is 1.98. The normalized spacial score (nSPS) is 10.9. The summed E-state index contributed by atoms with van der Waals surface area (Å²) in [5.41, 5.74) is 1.04. The Morgan fingerprint density at radius 2 is 2.38 bits per heavy atom. The molecule has 0 spiro atoms. The molecule has 0 aliphatic heterocycles. The molecule has 0 aliphatic rings. The molecule has 0 saturated heterocycles. The van der Waals surface area contributed by atoms with Gasteiger partial charge in [-0.2, -0.15) is 5.10 Å². The van der Waals surface area contributed by atoms with Crippen LogP contribution < -0.4 is 5.32 Å². The van der Waals surface area contributed by atoms with E-state index in [2.05, 4.69) is 32.7 Å². The molecule has 2 aromatic rings. The summed E-state index contributed by atoms with van der Waals surface area (Å²) >= 11 is 1.66. The Labute approximate surface area is 98.5 Å². The van der Waals surface area contributed by atoms with Gasteiger partial charge in [0, 0.05) is 5.38 Å². The van der Waals surface area contributed by atoms with Gasteiger partial charge in [0.2, 0.25) is 0 Å². The highest BCUT2D eigenvalue weighted by molar-refractivity contribution is 7.09. The van der Waals surface area contributed by atoms with Gasteiger partial charge in [-0.3, -0.25) is 0 Å². The number of nitrogens with zero attached hydrogens (tertiary/aromatic N) is 4. The lowest BCUT2D eigenvalue weighted by Crippen LogP contribution is -2.13. The van der Waals surface area contributed by atoms with Gasteiger partial charge in [-0.15, -0.1) is 11.3 Å². The first-order chi connectivity index (χ1) is 7.78. The quantitative estimate of drug-likeness (QED) is 0.849. The van der Waals surface area contributed by atoms with E-state index in [4.69, 9.17) is 0 Å². The van der Waals surface area contributed by atoms with Crippen molar-refractivity contribution in [2.45, 2.75) is 26.9 Å². The van der Waals surface area contributed by atoms with Gasteiger partial charge in [-0.05, 0) is 13.5 Å². The first-order valence-electron chi connectivity index (χ1n) is 5.28. The standard InChI is InChI=1S/C10H15N5S/c1-3-11-4-10-12-7-15(14-10)5-9-6-16-8(2)13-9/h6-7,11H,3-5H2,1-2H3. The molecule has 86 valence electrons. The minimum atomic E-state index is 0.698. The Morgan fingerprint density at radius 3 is 3.06 bits per heavy atom. The van der Waals surface area contributed by atoms with Crippen LogP contribution in [0.1, 0.15) is 23.4 Å². The number of aromatic nitrogens is 4. The minimum absolute atomic E-state index is 0.698. The maximum Gasteiger partial charge on any atom is 0.164 e. The highest BCUT2D eigenvalue weighted by Gasteiger charge is 2.03. The fourth-order valence-electron chi connectivity index (χ4n) is 1.37. The van der Waals surface area contributed by atoms with Gasteiger partial charge >= 0.3 is 0 Å². The Balaban J connectivity index is 1.97. The second kappa shape index (κ2) is 5.18. The minimum Gasteiger partial charge on any atom is -0.310 e. The van der Waals surface area contributed by atoms with Crippen LogP contribution in [0, 0.1) is 6.92 Å². The van der Waals surface area contributed by atoms with E-state index in [0.29, 0.717) is 6.54 Å². The Kier molecular flexibility index (Phi) is 3.63. The van der Waals surface area contributed by atoms with Gasteiger partial charge in [-0.25, -0.2) is 14.6 Å². The van der Waals surface area contributed by atoms with E-state index in [9.17, 15) is 0 Å². The number of hydrogen-bond donors (Lipinski definition) is 1. The summed E-state index contributed by atoms with van der Waals surface area (Å²) in [6, 6.07) is 0. The number of nitrogens with one attached hydrogen (secondary N) is 1. The molecule has 0 radical (unpaired) electrons. The molecule has 2 aromatic heterocycles. The van der Waals surface area contributed by atoms with Crippen LogP contribution in [0.3, 0.4) is 0 Å². The molecule has 0 fully saturated rings. The van der Waals surface area contributed by atoms with E-state index in [1.165, 1.54) is 0 Å². The van der Waals surface area contributed by atoms with Crippen molar-refractivity contribution in [3.05, 3.63) is 28.2 Å². The molecule has 0 atom stereocenters. The smallest absolute Gasteiger partial charge is 0.164 e. The summed E-state index contributed by atoms with van der Waals surface area (Å²) < 4.78 is 1.82. The second-order valence-corrected chi connectivity index (χ2v) is 4.56. The lowest BCUT2D eigenvalue weighted by atomic mass is 10.5. The van der Waals surface area contributed by atoms with Crippen LogP contribution in [0.15, 0.2) is 11.7 Å². The van der Waals surface area contributed by atoms with Gasteiger partial charge in [0.05, 0.1) is 23.8 Å². The van der Waals surface area contributed by atoms with Gasteiger partial charge in [0.1, 0.15) is 6.33 Å². The molecule has 0 unspecified atom stereocenters. The number of aryl methyl sites for hydroxylation is 1. The molecule has 0 aliphatic carbocycles. The summed E-state index contributed by atoms with van der Waals surface area (Å²) in [7, 11) is 0. The SMILES string of the molecule is CCNCc1ncn(Cc2csc(C)n2)n1. The zero-order chi connectivity index (χ0) is 11.4. The number of thiazole rings is 1. The lowest BCUT2D eigenvalue weighted by molar-refractivity contribution is 0.637. The summed E-state index contributed by atoms with van der Waals surface area (Å²) in [5, 5.41) is 10.7. The molecule has 2 rings (SSSR count). The van der Waals surface area contributed by atoms with Crippen LogP contribution in [0.5, 0.6) is 0 Å². The van der Waals surface area contributed by atoms with Crippen LogP contribution in [0.2, 0.25) is 0 Å². The molecule has 2 heterocycles. The van der Waals surface area contributed by atoms with Crippen molar-refractivity contribution < 1.29 is 0 Å². The highest BCUT2D eigenvalue weighted by Crippen LogP contribution is 2.08. The average molecular weight is 237 g/mol. The molecule has 0 aromatic carbocycles. The maximum absolute atomic E-state index is 4.39. The maximum atomic E-state index is 4.39. The molecular weight excluding hydrogens is 222 g/mol. The van der Waals surface area contributed by atoms with Crippen LogP contribution >= 0.6 is 11.3 Å². The van der Waals surface area contributed by atoms with Crippen molar-refractivity contribution in [2.75, 3.05) is 6.54 Å². The van der Waals surface area contributed by atoms with Crippen LogP contribution in [-0.4, -0.2) is 26.3 Å². The molecule has 0 bridgehead atoms. The summed E-state index contributed by atoms with van der Waals surface area (Å²) in [6.07, 6.45) is 1.75. The fraction of sp³-hybridized carbons (Fsp3) is 0.500. The molecule has 0 amide bonds. The van der Waals surface area contributed by atoms with E-state index in [1.54, 1.807) is 17.7 Å². The van der Waals surface area contributed by atoms with Crippen molar-refractivity contribution in [3.8, 4) is 0 Å². The van der Waals surface area contributed by atoms with Crippen LogP contribution in [0.4, 0.5) is 0 Å². The topological polar surface area (TPSA) is 55.6 Å². The number of rotatable bonds is 5. The molecule has 6 heteroatoms. The summed E-state index contributed by atoms with van der Waals surface area (Å²) in [5.74, 6) is 0.828. The third-order valence-corrected chi connectivity index (χ3v) is 2.93. The van der Waals surface area contributed by atoms with Gasteiger partial charge in [0.15, 0.2) is 5.82 Å². The molecule has 5 nitrogen and oxygen atoms in total. The van der Waals surface area contributed by atoms with E-state index < -0.39 is 0 Å². The Hall–Kier alpha value is -1.27. The lowest BCUT2D eigenvalue weighted by Gasteiger charge is -1.96. The van der Waals surface area contributed by atoms with Crippen molar-refractivity contribution >= 4 is 11.3 Å². The van der Waals surface area contributed by atoms with Gasteiger partial charge in [-0.1, -0.05) is 6.92 Å². The predicted molar refractivity (Wildman–Crippen MR) is 63.4 cm³/mol. The first kappa shape index (κ1) is 11.2. The predicted octanol–water partition coefficient (Wildman–Crippen LogP) is 1.20. The molecule has 16 heavy (non-hydrogen) atoms. The van der Waals surface area contributed by atoms with E-state index >= 15 is 0 Å². The van der Waals surface area contributed by atoms with Crippen molar-refractivity contribution in [1.29, 1.82) is 0 Å². The van der Waals surface area contributed by atoms with E-state index in [1.807, 2.05) is 11.6 Å². The molecule has 0 saturated carbocycles. The van der Waals surface area contributed by atoms with Gasteiger partial charge in [0.25, 0.3) is 0 Å². The third kappa shape index (κ3) is 2.86. The monoisotopic (exact) mass is 237 g/mol. The van der Waals surface area contributed by atoms with Crippen LogP contribution in [0.25, 0.3) is 0 Å². The van der Waals surface area contributed by atoms with Gasteiger partial charge < -0.3 is 5.32 Å². The summed E-state index contributed by atoms with van der Waals surface area (Å²) in [6.45, 7) is 6.42. The van der Waals surface area contributed by atoms with Crippen LogP contribution in [-0.2, 0) is 13.1 Å². The van der Waals surface area contributed by atoms with Crippen molar-refractivity contribution in [2.24, 2.45) is 0 Å². The summed E-state index contributed by atoms with van der Waals surface area (Å²) in [4.78, 5) is 8.61. The molecule has 1 N–H and O–H groups in total. The Morgan fingerprint density at radius 1 is 1.50 bits per heavy atom. The zero-order valence-corrected chi connectivity index (χ0v) is 10.3. The van der Waals surface area contributed by atoms with E-state index in [0.717, 1.165) is 29.6 Å². The average Bonchev–Trinajstić information content (AvgIpc) is 2.86.